The Labute approximate surface area is 181 Å². The quantitative estimate of drug-likeness (QED) is 0.518. The van der Waals surface area contributed by atoms with Gasteiger partial charge in [0.2, 0.25) is 5.91 Å². The molecule has 9 heteroatoms. The van der Waals surface area contributed by atoms with Gasteiger partial charge in [0.15, 0.2) is 0 Å². The molecule has 2 saturated heterocycles. The average Bonchev–Trinajstić information content (AvgIpc) is 3.44. The molecule has 2 unspecified atom stereocenters. The molecule has 1 aromatic heterocycles. The predicted molar refractivity (Wildman–Crippen MR) is 113 cm³/mol. The van der Waals surface area contributed by atoms with Gasteiger partial charge >= 0.3 is 5.97 Å². The van der Waals surface area contributed by atoms with Crippen molar-refractivity contribution in [2.75, 3.05) is 33.3 Å². The molecule has 164 valence electrons. The van der Waals surface area contributed by atoms with Crippen LogP contribution in [0.1, 0.15) is 32.1 Å². The van der Waals surface area contributed by atoms with E-state index in [-0.39, 0.29) is 23.2 Å². The van der Waals surface area contributed by atoms with Crippen LogP contribution in [0.25, 0.3) is 0 Å². The van der Waals surface area contributed by atoms with Gasteiger partial charge in [0.05, 0.1) is 18.9 Å². The molecule has 30 heavy (non-hydrogen) atoms. The van der Waals surface area contributed by atoms with Crippen LogP contribution in [0.5, 0.6) is 0 Å². The third-order valence-corrected chi connectivity index (χ3v) is 10.1. The van der Waals surface area contributed by atoms with Crippen molar-refractivity contribution in [3.8, 4) is 0 Å². The number of likely N-dealkylation sites (tertiary alicyclic amines) is 1. The summed E-state index contributed by atoms with van der Waals surface area (Å²) in [4.78, 5) is 27.2. The van der Waals surface area contributed by atoms with Gasteiger partial charge in [-0.3, -0.25) is 9.59 Å². The van der Waals surface area contributed by atoms with Gasteiger partial charge in [-0.2, -0.15) is 4.31 Å². The molecule has 1 aromatic rings. The van der Waals surface area contributed by atoms with E-state index in [2.05, 4.69) is 0 Å². The molecule has 0 bridgehead atoms. The SMILES string of the molecule is COC(=O)C1CC=CCC1C(=O)N1CCC2(CCN(S(=O)(=O)c3cccs3)CC2)C1. The maximum absolute atomic E-state index is 13.2. The molecule has 2 fully saturated rings. The van der Waals surface area contributed by atoms with Gasteiger partial charge in [0.1, 0.15) is 4.21 Å². The van der Waals surface area contributed by atoms with E-state index >= 15 is 0 Å². The van der Waals surface area contributed by atoms with E-state index in [1.54, 1.807) is 21.8 Å². The molecule has 7 nitrogen and oxygen atoms in total. The molecule has 2 aliphatic heterocycles. The number of piperidine rings is 1. The fraction of sp³-hybridized carbons (Fsp3) is 0.619. The Morgan fingerprint density at radius 2 is 1.77 bits per heavy atom. The lowest BCUT2D eigenvalue weighted by atomic mass is 9.78. The van der Waals surface area contributed by atoms with Crippen molar-refractivity contribution in [3.05, 3.63) is 29.7 Å². The van der Waals surface area contributed by atoms with E-state index in [0.717, 1.165) is 19.3 Å². The Morgan fingerprint density at radius 3 is 2.40 bits per heavy atom. The number of rotatable bonds is 4. The summed E-state index contributed by atoms with van der Waals surface area (Å²) < 4.78 is 32.4. The van der Waals surface area contributed by atoms with Crippen LogP contribution in [-0.4, -0.2) is 62.8 Å². The van der Waals surface area contributed by atoms with Crippen molar-refractivity contribution in [3.63, 3.8) is 0 Å². The summed E-state index contributed by atoms with van der Waals surface area (Å²) in [6.07, 6.45) is 7.42. The Bertz CT molecular complexity index is 917. The van der Waals surface area contributed by atoms with Crippen molar-refractivity contribution in [2.24, 2.45) is 17.3 Å². The van der Waals surface area contributed by atoms with Crippen LogP contribution >= 0.6 is 11.3 Å². The maximum Gasteiger partial charge on any atom is 0.309 e. The highest BCUT2D eigenvalue weighted by atomic mass is 32.2. The summed E-state index contributed by atoms with van der Waals surface area (Å²) in [5.41, 5.74) is -0.0254. The van der Waals surface area contributed by atoms with Gasteiger partial charge in [0.25, 0.3) is 10.0 Å². The van der Waals surface area contributed by atoms with Crippen LogP contribution in [0.15, 0.2) is 33.9 Å². The summed E-state index contributed by atoms with van der Waals surface area (Å²) >= 11 is 1.25. The zero-order valence-corrected chi connectivity index (χ0v) is 18.8. The van der Waals surface area contributed by atoms with Crippen LogP contribution < -0.4 is 0 Å². The van der Waals surface area contributed by atoms with Gasteiger partial charge < -0.3 is 9.64 Å². The number of allylic oxidation sites excluding steroid dienone is 2. The molecule has 0 radical (unpaired) electrons. The lowest BCUT2D eigenvalue weighted by molar-refractivity contribution is -0.153. The monoisotopic (exact) mass is 452 g/mol. The summed E-state index contributed by atoms with van der Waals surface area (Å²) in [5.74, 6) is -1.07. The van der Waals surface area contributed by atoms with Crippen LogP contribution in [0.3, 0.4) is 0 Å². The van der Waals surface area contributed by atoms with E-state index in [9.17, 15) is 18.0 Å². The van der Waals surface area contributed by atoms with E-state index in [0.29, 0.717) is 43.2 Å². The second-order valence-corrected chi connectivity index (χ2v) is 11.6. The van der Waals surface area contributed by atoms with Crippen molar-refractivity contribution in [1.29, 1.82) is 0 Å². The first kappa shape index (κ1) is 21.5. The first-order valence-electron chi connectivity index (χ1n) is 10.4. The largest absolute Gasteiger partial charge is 0.469 e. The smallest absolute Gasteiger partial charge is 0.309 e. The molecule has 0 saturated carbocycles. The number of carbonyl (C=O) groups is 2. The van der Waals surface area contributed by atoms with Crippen molar-refractivity contribution in [1.82, 2.24) is 9.21 Å². The number of hydrogen-bond acceptors (Lipinski definition) is 6. The second-order valence-electron chi connectivity index (χ2n) is 8.52. The highest BCUT2D eigenvalue weighted by Crippen LogP contribution is 2.43. The fourth-order valence-corrected chi connectivity index (χ4v) is 7.59. The Hall–Kier alpha value is -1.71. The number of esters is 1. The highest BCUT2D eigenvalue weighted by molar-refractivity contribution is 7.91. The minimum absolute atomic E-state index is 0.0254. The lowest BCUT2D eigenvalue weighted by Crippen LogP contribution is -2.46. The number of hydrogen-bond donors (Lipinski definition) is 0. The molecule has 3 aliphatic rings. The maximum atomic E-state index is 13.2. The van der Waals surface area contributed by atoms with E-state index in [4.69, 9.17) is 4.74 Å². The third-order valence-electron chi connectivity index (χ3n) is 6.88. The fourth-order valence-electron chi connectivity index (χ4n) is 5.00. The number of nitrogens with zero attached hydrogens (tertiary/aromatic N) is 2. The Morgan fingerprint density at radius 1 is 1.10 bits per heavy atom. The van der Waals surface area contributed by atoms with Gasteiger partial charge in [-0.25, -0.2) is 8.42 Å². The molecule has 0 N–H and O–H groups in total. The summed E-state index contributed by atoms with van der Waals surface area (Å²) in [6.45, 7) is 2.29. The number of methoxy groups -OCH3 is 1. The molecular weight excluding hydrogens is 424 g/mol. The number of thiophene rings is 1. The van der Waals surface area contributed by atoms with E-state index in [1.807, 2.05) is 17.1 Å². The molecule has 2 atom stereocenters. The van der Waals surface area contributed by atoms with Gasteiger partial charge in [-0.05, 0) is 49.0 Å². The van der Waals surface area contributed by atoms with E-state index in [1.165, 1.54) is 18.4 Å². The zero-order valence-electron chi connectivity index (χ0n) is 17.2. The third kappa shape index (κ3) is 3.94. The van der Waals surface area contributed by atoms with Crippen molar-refractivity contribution in [2.45, 2.75) is 36.3 Å². The van der Waals surface area contributed by atoms with Crippen molar-refractivity contribution >= 4 is 33.2 Å². The van der Waals surface area contributed by atoms with Gasteiger partial charge in [0, 0.05) is 26.2 Å². The normalized spacial score (nSPS) is 26.8. The first-order valence-corrected chi connectivity index (χ1v) is 12.7. The second kappa shape index (κ2) is 8.43. The molecule has 0 aromatic carbocycles. The summed E-state index contributed by atoms with van der Waals surface area (Å²) in [5, 5.41) is 1.78. The Kier molecular flexibility index (Phi) is 6.05. The summed E-state index contributed by atoms with van der Waals surface area (Å²) in [7, 11) is -2.05. The molecular formula is C21H28N2O5S2. The minimum atomic E-state index is -3.42. The number of sulfonamides is 1. The lowest BCUT2D eigenvalue weighted by Gasteiger charge is -2.38. The first-order chi connectivity index (χ1) is 14.4. The average molecular weight is 453 g/mol. The minimum Gasteiger partial charge on any atom is -0.469 e. The molecule has 4 rings (SSSR count). The zero-order chi connectivity index (χ0) is 21.4. The molecule has 1 aliphatic carbocycles. The predicted octanol–water partition coefficient (Wildman–Crippen LogP) is 2.51. The van der Waals surface area contributed by atoms with Crippen LogP contribution in [0.4, 0.5) is 0 Å². The molecule has 1 spiro atoms. The highest BCUT2D eigenvalue weighted by Gasteiger charge is 2.46. The number of ether oxygens (including phenoxy) is 1. The Balaban J connectivity index is 1.39. The summed E-state index contributed by atoms with van der Waals surface area (Å²) in [6, 6.07) is 3.40. The van der Waals surface area contributed by atoms with Gasteiger partial charge in [-0.15, -0.1) is 11.3 Å². The number of carbonyl (C=O) groups excluding carboxylic acids is 2. The van der Waals surface area contributed by atoms with Crippen LogP contribution in [0.2, 0.25) is 0 Å². The standard InChI is InChI=1S/C21H28N2O5S2/c1-28-20(25)17-6-3-2-5-16(17)19(24)22-11-8-21(15-22)9-12-23(13-10-21)30(26,27)18-7-4-14-29-18/h2-4,7,14,16-17H,5-6,8-13,15H2,1H3. The van der Waals surface area contributed by atoms with E-state index < -0.39 is 15.9 Å². The van der Waals surface area contributed by atoms with Gasteiger partial charge in [-0.1, -0.05) is 18.2 Å². The number of amides is 1. The topological polar surface area (TPSA) is 84.0 Å². The van der Waals surface area contributed by atoms with Crippen LogP contribution in [0, 0.1) is 17.3 Å². The van der Waals surface area contributed by atoms with Crippen LogP contribution in [-0.2, 0) is 24.3 Å². The molecule has 1 amide bonds. The van der Waals surface area contributed by atoms with Crippen molar-refractivity contribution < 1.29 is 22.7 Å². The molecule has 3 heterocycles.